The van der Waals surface area contributed by atoms with E-state index in [-0.39, 0.29) is 18.9 Å². The lowest BCUT2D eigenvalue weighted by Gasteiger charge is -2.23. The summed E-state index contributed by atoms with van der Waals surface area (Å²) >= 11 is 0. The summed E-state index contributed by atoms with van der Waals surface area (Å²) in [5.41, 5.74) is -1.06. The normalized spacial score (nSPS) is 15.1. The van der Waals surface area contributed by atoms with E-state index >= 15 is 0 Å². The molecule has 1 aromatic rings. The Labute approximate surface area is 158 Å². The van der Waals surface area contributed by atoms with Crippen LogP contribution in [0.3, 0.4) is 0 Å². The summed E-state index contributed by atoms with van der Waals surface area (Å²) in [5.74, 6) is 0.236. The molecule has 2 heterocycles. The molecule has 27 heavy (non-hydrogen) atoms. The van der Waals surface area contributed by atoms with Crippen molar-refractivity contribution in [3.63, 3.8) is 0 Å². The number of urea groups is 1. The molecule has 0 bridgehead atoms. The Balaban J connectivity index is 2.16. The Bertz CT molecular complexity index is 744. The highest BCUT2D eigenvalue weighted by atomic mass is 16.6. The van der Waals surface area contributed by atoms with Gasteiger partial charge in [0.1, 0.15) is 16.9 Å². The lowest BCUT2D eigenvalue weighted by atomic mass is 10.2. The molecular weight excluding hydrogens is 354 g/mol. The van der Waals surface area contributed by atoms with Crippen LogP contribution in [-0.2, 0) is 16.5 Å². The van der Waals surface area contributed by atoms with Crippen LogP contribution < -0.4 is 10.2 Å². The van der Waals surface area contributed by atoms with Crippen LogP contribution in [0.25, 0.3) is 0 Å². The van der Waals surface area contributed by atoms with Gasteiger partial charge in [0.05, 0.1) is 12.7 Å². The molecule has 1 aliphatic heterocycles. The number of nitrogens with one attached hydrogen (secondary N) is 1. The van der Waals surface area contributed by atoms with Gasteiger partial charge in [-0.25, -0.2) is 19.3 Å². The quantitative estimate of drug-likeness (QED) is 0.844. The van der Waals surface area contributed by atoms with Gasteiger partial charge in [-0.1, -0.05) is 0 Å². The molecule has 0 unspecified atom stereocenters. The van der Waals surface area contributed by atoms with Crippen LogP contribution in [0.1, 0.15) is 41.5 Å². The lowest BCUT2D eigenvalue weighted by molar-refractivity contribution is 0.0354. The summed E-state index contributed by atoms with van der Waals surface area (Å²) in [6.07, 6.45) is 0.183. The highest BCUT2D eigenvalue weighted by Gasteiger charge is 2.39. The van der Waals surface area contributed by atoms with E-state index in [0.717, 1.165) is 4.90 Å². The fraction of sp³-hybridized carbons (Fsp3) is 0.647. The second kappa shape index (κ2) is 7.09. The smallest absolute Gasteiger partial charge is 0.418 e. The maximum Gasteiger partial charge on any atom is 0.418 e. The van der Waals surface area contributed by atoms with E-state index in [2.05, 4.69) is 10.4 Å². The Hall–Kier alpha value is -2.78. The minimum Gasteiger partial charge on any atom is -0.444 e. The van der Waals surface area contributed by atoms with Crippen molar-refractivity contribution in [2.24, 2.45) is 7.05 Å². The van der Waals surface area contributed by atoms with E-state index in [4.69, 9.17) is 9.47 Å². The minimum atomic E-state index is -0.715. The van der Waals surface area contributed by atoms with Crippen LogP contribution >= 0.6 is 0 Å². The van der Waals surface area contributed by atoms with Gasteiger partial charge in [-0.2, -0.15) is 5.10 Å². The number of carbonyl (C=O) groups is 3. The molecule has 0 atom stereocenters. The van der Waals surface area contributed by atoms with E-state index in [1.807, 2.05) is 0 Å². The third kappa shape index (κ3) is 5.35. The summed E-state index contributed by atoms with van der Waals surface area (Å²) < 4.78 is 12.0. The van der Waals surface area contributed by atoms with Gasteiger partial charge >= 0.3 is 18.2 Å². The van der Waals surface area contributed by atoms with Gasteiger partial charge in [0.2, 0.25) is 0 Å². The summed E-state index contributed by atoms with van der Waals surface area (Å²) in [4.78, 5) is 39.3. The van der Waals surface area contributed by atoms with Crippen LogP contribution in [-0.4, -0.2) is 57.2 Å². The number of nitrogens with zero attached hydrogens (tertiary/aromatic N) is 4. The topological polar surface area (TPSA) is 106 Å². The number of ether oxygens (including phenoxy) is 2. The molecule has 10 nitrogen and oxygen atoms in total. The fourth-order valence-electron chi connectivity index (χ4n) is 2.40. The molecule has 1 saturated heterocycles. The van der Waals surface area contributed by atoms with Crippen LogP contribution in [0.2, 0.25) is 0 Å². The molecule has 0 aliphatic carbocycles. The largest absolute Gasteiger partial charge is 0.444 e. The number of carbonyl (C=O) groups excluding carboxylic acids is 3. The van der Waals surface area contributed by atoms with E-state index in [1.54, 1.807) is 54.8 Å². The van der Waals surface area contributed by atoms with Gasteiger partial charge in [-0.15, -0.1) is 0 Å². The number of amides is 4. The zero-order chi connectivity index (χ0) is 20.6. The van der Waals surface area contributed by atoms with Gasteiger partial charge in [0.25, 0.3) is 0 Å². The number of aromatic nitrogens is 2. The molecule has 0 spiro atoms. The van der Waals surface area contributed by atoms with Crippen LogP contribution in [0.5, 0.6) is 0 Å². The van der Waals surface area contributed by atoms with Crippen molar-refractivity contribution < 1.29 is 23.9 Å². The fourth-order valence-corrected chi connectivity index (χ4v) is 2.40. The average Bonchev–Trinajstić information content (AvgIpc) is 2.97. The van der Waals surface area contributed by atoms with E-state index in [0.29, 0.717) is 5.69 Å². The number of hydrogen-bond donors (Lipinski definition) is 1. The zero-order valence-electron chi connectivity index (χ0n) is 16.8. The summed E-state index contributed by atoms with van der Waals surface area (Å²) in [7, 11) is 1.66. The van der Waals surface area contributed by atoms with Gasteiger partial charge in [-0.3, -0.25) is 14.9 Å². The van der Waals surface area contributed by atoms with Crippen molar-refractivity contribution in [2.75, 3.05) is 23.3 Å². The molecular formula is C17H27N5O5. The first kappa shape index (κ1) is 20.5. The molecule has 4 amide bonds. The van der Waals surface area contributed by atoms with Gasteiger partial charge in [-0.05, 0) is 41.5 Å². The van der Waals surface area contributed by atoms with Crippen LogP contribution in [0.4, 0.5) is 25.9 Å². The minimum absolute atomic E-state index is 0.163. The summed E-state index contributed by atoms with van der Waals surface area (Å²) in [6, 6.07) is -0.560. The Morgan fingerprint density at radius 3 is 2.22 bits per heavy atom. The number of imide groups is 1. The number of aryl methyl sites for hydroxylation is 1. The predicted molar refractivity (Wildman–Crippen MR) is 98.7 cm³/mol. The molecule has 0 radical (unpaired) electrons. The highest BCUT2D eigenvalue weighted by Crippen LogP contribution is 2.28. The highest BCUT2D eigenvalue weighted by molar-refractivity contribution is 6.05. The Morgan fingerprint density at radius 2 is 1.67 bits per heavy atom. The van der Waals surface area contributed by atoms with Crippen LogP contribution in [0.15, 0.2) is 6.20 Å². The molecule has 1 N–H and O–H groups in total. The first-order valence-corrected chi connectivity index (χ1v) is 8.62. The first-order chi connectivity index (χ1) is 12.3. The number of anilines is 2. The molecule has 150 valence electrons. The standard InChI is InChI=1S/C17H27N5O5/c1-16(2,3)26-13(23)18-11-10-20(7)19-12(11)21-8-9-22(14(21)24)15(25)27-17(4,5)6/h10H,8-9H2,1-7H3,(H,18,23). The van der Waals surface area contributed by atoms with Gasteiger partial charge in [0, 0.05) is 13.6 Å². The van der Waals surface area contributed by atoms with Gasteiger partial charge < -0.3 is 9.47 Å². The second-order valence-corrected chi connectivity index (χ2v) is 8.23. The molecule has 0 aromatic carbocycles. The molecule has 1 fully saturated rings. The van der Waals surface area contributed by atoms with E-state index in [9.17, 15) is 14.4 Å². The summed E-state index contributed by atoms with van der Waals surface area (Å²) in [5, 5.41) is 6.83. The predicted octanol–water partition coefficient (Wildman–Crippen LogP) is 2.94. The van der Waals surface area contributed by atoms with Crippen LogP contribution in [0, 0.1) is 0 Å². The number of rotatable bonds is 2. The van der Waals surface area contributed by atoms with Crippen molar-refractivity contribution >= 4 is 29.7 Å². The lowest BCUT2D eigenvalue weighted by Crippen LogP contribution is -2.40. The zero-order valence-corrected chi connectivity index (χ0v) is 16.8. The van der Waals surface area contributed by atoms with Crippen molar-refractivity contribution in [1.82, 2.24) is 14.7 Å². The van der Waals surface area contributed by atoms with Crippen molar-refractivity contribution in [1.29, 1.82) is 0 Å². The summed E-state index contributed by atoms with van der Waals surface area (Å²) in [6.45, 7) is 10.8. The van der Waals surface area contributed by atoms with Crippen molar-refractivity contribution in [3.05, 3.63) is 6.20 Å². The molecule has 1 aliphatic rings. The van der Waals surface area contributed by atoms with E-state index in [1.165, 1.54) is 9.58 Å². The number of hydrogen-bond acceptors (Lipinski definition) is 6. The molecule has 10 heteroatoms. The average molecular weight is 381 g/mol. The third-order valence-corrected chi connectivity index (χ3v) is 3.32. The maximum absolute atomic E-state index is 12.7. The maximum atomic E-state index is 12.7. The third-order valence-electron chi connectivity index (χ3n) is 3.32. The van der Waals surface area contributed by atoms with Crippen molar-refractivity contribution in [2.45, 2.75) is 52.7 Å². The van der Waals surface area contributed by atoms with Crippen molar-refractivity contribution in [3.8, 4) is 0 Å². The molecule has 2 rings (SSSR count). The Kier molecular flexibility index (Phi) is 5.39. The molecule has 1 aromatic heterocycles. The first-order valence-electron chi connectivity index (χ1n) is 8.62. The Morgan fingerprint density at radius 1 is 1.07 bits per heavy atom. The SMILES string of the molecule is Cn1cc(NC(=O)OC(C)(C)C)c(N2CCN(C(=O)OC(C)(C)C)C2=O)n1. The molecule has 0 saturated carbocycles. The monoisotopic (exact) mass is 381 g/mol. The second-order valence-electron chi connectivity index (χ2n) is 8.23. The van der Waals surface area contributed by atoms with Gasteiger partial charge in [0.15, 0.2) is 5.82 Å². The van der Waals surface area contributed by atoms with E-state index < -0.39 is 29.4 Å².